The molecule has 0 aliphatic carbocycles. The third kappa shape index (κ3) is 6.20. The van der Waals surface area contributed by atoms with Crippen LogP contribution in [0.2, 0.25) is 0 Å². The second-order valence-electron chi connectivity index (χ2n) is 6.93. The van der Waals surface area contributed by atoms with Crippen LogP contribution in [0.15, 0.2) is 41.4 Å². The predicted molar refractivity (Wildman–Crippen MR) is 120 cm³/mol. The number of benzene rings is 2. The Kier molecular flexibility index (Phi) is 9.12. The molecule has 0 atom stereocenters. The van der Waals surface area contributed by atoms with Gasteiger partial charge in [-0.25, -0.2) is 0 Å². The van der Waals surface area contributed by atoms with Crippen molar-refractivity contribution in [2.45, 2.75) is 26.3 Å². The van der Waals surface area contributed by atoms with E-state index in [1.54, 1.807) is 28.4 Å². The first-order valence-electron chi connectivity index (χ1n) is 9.99. The van der Waals surface area contributed by atoms with Crippen molar-refractivity contribution in [1.29, 1.82) is 0 Å². The van der Waals surface area contributed by atoms with Gasteiger partial charge < -0.3 is 29.6 Å². The molecule has 0 aromatic heterocycles. The van der Waals surface area contributed by atoms with Gasteiger partial charge in [0.1, 0.15) is 12.4 Å². The number of ether oxygens (including phenoxy) is 4. The van der Waals surface area contributed by atoms with Crippen LogP contribution in [0.3, 0.4) is 0 Å². The number of aliphatic imine (C=N–C) groups is 1. The third-order valence-corrected chi connectivity index (χ3v) is 4.60. The fraction of sp³-hybridized carbons (Fsp3) is 0.435. The third-order valence-electron chi connectivity index (χ3n) is 4.60. The van der Waals surface area contributed by atoms with E-state index in [4.69, 9.17) is 18.9 Å². The fourth-order valence-corrected chi connectivity index (χ4v) is 3.06. The predicted octanol–water partition coefficient (Wildman–Crippen LogP) is 3.58. The zero-order chi connectivity index (χ0) is 21.9. The maximum atomic E-state index is 5.95. The number of guanidine groups is 1. The van der Waals surface area contributed by atoms with E-state index in [1.807, 2.05) is 30.3 Å². The van der Waals surface area contributed by atoms with Gasteiger partial charge in [-0.05, 0) is 35.2 Å². The van der Waals surface area contributed by atoms with Gasteiger partial charge >= 0.3 is 0 Å². The summed E-state index contributed by atoms with van der Waals surface area (Å²) < 4.78 is 22.1. The largest absolute Gasteiger partial charge is 0.493 e. The number of rotatable bonds is 10. The van der Waals surface area contributed by atoms with Gasteiger partial charge in [-0.2, -0.15) is 0 Å². The van der Waals surface area contributed by atoms with E-state index in [9.17, 15) is 0 Å². The van der Waals surface area contributed by atoms with E-state index in [2.05, 4.69) is 35.5 Å². The summed E-state index contributed by atoms with van der Waals surface area (Å²) in [5.41, 5.74) is 2.19. The molecule has 7 heteroatoms. The Hall–Kier alpha value is -3.09. The molecule has 0 aliphatic heterocycles. The molecule has 2 N–H and O–H groups in total. The lowest BCUT2D eigenvalue weighted by Gasteiger charge is -2.17. The number of hydrogen-bond acceptors (Lipinski definition) is 5. The van der Waals surface area contributed by atoms with Crippen molar-refractivity contribution in [3.8, 4) is 23.0 Å². The second kappa shape index (κ2) is 11.8. The van der Waals surface area contributed by atoms with Crippen molar-refractivity contribution in [2.24, 2.45) is 4.99 Å². The molecule has 0 radical (unpaired) electrons. The number of para-hydroxylation sites is 1. The van der Waals surface area contributed by atoms with Crippen molar-refractivity contribution in [3.05, 3.63) is 47.5 Å². The maximum Gasteiger partial charge on any atom is 0.203 e. The van der Waals surface area contributed by atoms with Gasteiger partial charge in [0.2, 0.25) is 5.75 Å². The normalized spacial score (nSPS) is 11.2. The first-order valence-corrected chi connectivity index (χ1v) is 9.99. The van der Waals surface area contributed by atoms with Gasteiger partial charge in [-0.1, -0.05) is 32.0 Å². The average molecular weight is 416 g/mol. The minimum atomic E-state index is 0.419. The molecule has 0 bridgehead atoms. The summed E-state index contributed by atoms with van der Waals surface area (Å²) in [6.07, 6.45) is 0. The van der Waals surface area contributed by atoms with Crippen molar-refractivity contribution < 1.29 is 18.9 Å². The lowest BCUT2D eigenvalue weighted by Crippen LogP contribution is -2.38. The molecule has 2 aromatic carbocycles. The van der Waals surface area contributed by atoms with Gasteiger partial charge in [0.15, 0.2) is 17.5 Å². The minimum absolute atomic E-state index is 0.419. The van der Waals surface area contributed by atoms with Crippen molar-refractivity contribution >= 4 is 5.96 Å². The highest BCUT2D eigenvalue weighted by Crippen LogP contribution is 2.38. The van der Waals surface area contributed by atoms with Crippen LogP contribution in [-0.2, 0) is 6.54 Å². The molecule has 0 saturated heterocycles. The van der Waals surface area contributed by atoms with Crippen LogP contribution in [0.5, 0.6) is 23.0 Å². The molecule has 0 saturated carbocycles. The second-order valence-corrected chi connectivity index (χ2v) is 6.93. The van der Waals surface area contributed by atoms with Gasteiger partial charge in [0.25, 0.3) is 0 Å². The Balaban J connectivity index is 1.89. The van der Waals surface area contributed by atoms with Gasteiger partial charge in [-0.3, -0.25) is 4.99 Å². The van der Waals surface area contributed by atoms with Gasteiger partial charge in [-0.15, -0.1) is 0 Å². The molecular formula is C23H33N3O4. The van der Waals surface area contributed by atoms with Crippen LogP contribution >= 0.6 is 0 Å². The number of nitrogens with one attached hydrogen (secondary N) is 2. The zero-order valence-electron chi connectivity index (χ0n) is 18.7. The smallest absolute Gasteiger partial charge is 0.203 e. The van der Waals surface area contributed by atoms with E-state index in [0.717, 1.165) is 11.3 Å². The maximum absolute atomic E-state index is 5.95. The number of hydrogen-bond donors (Lipinski definition) is 2. The number of methoxy groups -OCH3 is 3. The molecule has 2 aromatic rings. The molecule has 0 heterocycles. The summed E-state index contributed by atoms with van der Waals surface area (Å²) in [6.45, 7) is 6.04. The van der Waals surface area contributed by atoms with Gasteiger partial charge in [0, 0.05) is 13.6 Å². The van der Waals surface area contributed by atoms with Crippen LogP contribution in [0.25, 0.3) is 0 Å². The summed E-state index contributed by atoms with van der Waals surface area (Å²) in [5.74, 6) is 3.84. The standard InChI is InChI=1S/C23H33N3O4/c1-16(2)18-9-7-8-10-19(18)30-12-11-25-23(24-3)26-15-17-13-20(27-4)22(29-6)21(14-17)28-5/h7-10,13-14,16H,11-12,15H2,1-6H3,(H2,24,25,26). The lowest BCUT2D eigenvalue weighted by atomic mass is 10.0. The highest BCUT2D eigenvalue weighted by Gasteiger charge is 2.13. The highest BCUT2D eigenvalue weighted by atomic mass is 16.5. The summed E-state index contributed by atoms with van der Waals surface area (Å²) in [6, 6.07) is 12.0. The van der Waals surface area contributed by atoms with Crippen molar-refractivity contribution in [3.63, 3.8) is 0 Å². The van der Waals surface area contributed by atoms with E-state index >= 15 is 0 Å². The molecule has 2 rings (SSSR count). The lowest BCUT2D eigenvalue weighted by molar-refractivity contribution is 0.317. The summed E-state index contributed by atoms with van der Waals surface area (Å²) in [7, 11) is 6.53. The fourth-order valence-electron chi connectivity index (χ4n) is 3.06. The summed E-state index contributed by atoms with van der Waals surface area (Å²) in [4.78, 5) is 4.26. The number of nitrogens with zero attached hydrogens (tertiary/aromatic N) is 1. The zero-order valence-corrected chi connectivity index (χ0v) is 18.7. The van der Waals surface area contributed by atoms with Crippen molar-refractivity contribution in [2.75, 3.05) is 41.5 Å². The Morgan fingerprint density at radius 3 is 2.17 bits per heavy atom. The first kappa shape index (κ1) is 23.2. The van der Waals surface area contributed by atoms with Crippen LogP contribution in [-0.4, -0.2) is 47.5 Å². The van der Waals surface area contributed by atoms with Crippen LogP contribution in [0.1, 0.15) is 30.9 Å². The molecule has 0 spiro atoms. The van der Waals surface area contributed by atoms with E-state index in [1.165, 1.54) is 5.56 Å². The first-order chi connectivity index (χ1) is 14.5. The van der Waals surface area contributed by atoms with Crippen LogP contribution < -0.4 is 29.6 Å². The monoisotopic (exact) mass is 415 g/mol. The Bertz CT molecular complexity index is 812. The van der Waals surface area contributed by atoms with Crippen molar-refractivity contribution in [1.82, 2.24) is 10.6 Å². The molecule has 30 heavy (non-hydrogen) atoms. The Labute approximate surface area is 179 Å². The van der Waals surface area contributed by atoms with E-state index < -0.39 is 0 Å². The van der Waals surface area contributed by atoms with Crippen LogP contribution in [0.4, 0.5) is 0 Å². The van der Waals surface area contributed by atoms with E-state index in [0.29, 0.717) is 48.8 Å². The molecule has 0 unspecified atom stereocenters. The Morgan fingerprint density at radius 1 is 0.933 bits per heavy atom. The summed E-state index contributed by atoms with van der Waals surface area (Å²) >= 11 is 0. The minimum Gasteiger partial charge on any atom is -0.493 e. The molecule has 0 aliphatic rings. The highest BCUT2D eigenvalue weighted by molar-refractivity contribution is 5.79. The molecule has 0 amide bonds. The van der Waals surface area contributed by atoms with Gasteiger partial charge in [0.05, 0.1) is 27.9 Å². The average Bonchev–Trinajstić information content (AvgIpc) is 2.77. The Morgan fingerprint density at radius 2 is 1.60 bits per heavy atom. The molecule has 0 fully saturated rings. The molecule has 164 valence electrons. The van der Waals surface area contributed by atoms with E-state index in [-0.39, 0.29) is 0 Å². The van der Waals surface area contributed by atoms with Crippen LogP contribution in [0, 0.1) is 0 Å². The summed E-state index contributed by atoms with van der Waals surface area (Å²) in [5, 5.41) is 6.55. The quantitative estimate of drug-likeness (QED) is 0.351. The topological polar surface area (TPSA) is 73.3 Å². The molecular weight excluding hydrogens is 382 g/mol. The SMILES string of the molecule is CN=C(NCCOc1ccccc1C(C)C)NCc1cc(OC)c(OC)c(OC)c1. The molecule has 7 nitrogen and oxygen atoms in total.